The molecule has 0 atom stereocenters. The van der Waals surface area contributed by atoms with Crippen LogP contribution in [0.3, 0.4) is 0 Å². The van der Waals surface area contributed by atoms with Crippen LogP contribution >= 0.6 is 0 Å². The van der Waals surface area contributed by atoms with Gasteiger partial charge in [0.15, 0.2) is 12.4 Å². The first kappa shape index (κ1) is 11.6. The smallest absolute Gasteiger partial charge is 0.330 e. The number of hydrogen-bond acceptors (Lipinski definition) is 6. The lowest BCUT2D eigenvalue weighted by atomic mass is 10.2. The summed E-state index contributed by atoms with van der Waals surface area (Å²) < 4.78 is 5.05. The maximum atomic E-state index is 11.3. The van der Waals surface area contributed by atoms with Crippen LogP contribution in [0.15, 0.2) is 0 Å². The molecule has 1 aromatic heterocycles. The lowest BCUT2D eigenvalue weighted by Gasteiger charge is -2.18. The van der Waals surface area contributed by atoms with Crippen molar-refractivity contribution in [1.82, 2.24) is 20.2 Å². The van der Waals surface area contributed by atoms with Crippen molar-refractivity contribution in [3.63, 3.8) is 0 Å². The van der Waals surface area contributed by atoms with Crippen LogP contribution in [0.5, 0.6) is 0 Å². The summed E-state index contributed by atoms with van der Waals surface area (Å²) in [5, 5.41) is 19.5. The van der Waals surface area contributed by atoms with Crippen molar-refractivity contribution < 1.29 is 14.6 Å². The summed E-state index contributed by atoms with van der Waals surface area (Å²) in [7, 11) is 0. The molecule has 0 saturated carbocycles. The van der Waals surface area contributed by atoms with Crippen LogP contribution < -0.4 is 0 Å². The lowest BCUT2D eigenvalue weighted by Crippen LogP contribution is -2.27. The van der Waals surface area contributed by atoms with Crippen LogP contribution in [0, 0.1) is 0 Å². The number of carbonyl (C=O) groups is 1. The van der Waals surface area contributed by atoms with E-state index in [2.05, 4.69) is 15.4 Å². The van der Waals surface area contributed by atoms with E-state index in [1.165, 1.54) is 0 Å². The number of tetrazole rings is 1. The Morgan fingerprint density at radius 2 is 2.20 bits per heavy atom. The topological polar surface area (TPSA) is 90.1 Å². The number of aliphatic hydroxyl groups excluding tert-OH is 1. The Morgan fingerprint density at radius 1 is 1.53 bits per heavy atom. The van der Waals surface area contributed by atoms with Gasteiger partial charge in [-0.3, -0.25) is 0 Å². The van der Waals surface area contributed by atoms with Crippen molar-refractivity contribution >= 4 is 5.97 Å². The van der Waals surface area contributed by atoms with Crippen LogP contribution in [0.4, 0.5) is 0 Å². The number of aliphatic hydroxyl groups is 1. The van der Waals surface area contributed by atoms with E-state index in [1.54, 1.807) is 20.8 Å². The van der Waals surface area contributed by atoms with Gasteiger partial charge in [0.25, 0.3) is 0 Å². The summed E-state index contributed by atoms with van der Waals surface area (Å²) in [5.41, 5.74) is -0.530. The summed E-state index contributed by atoms with van der Waals surface area (Å²) >= 11 is 0. The van der Waals surface area contributed by atoms with E-state index in [4.69, 9.17) is 9.84 Å². The summed E-state index contributed by atoms with van der Waals surface area (Å²) in [6.45, 7) is 4.93. The molecule has 0 spiro atoms. The van der Waals surface area contributed by atoms with Crippen LogP contribution in [0.25, 0.3) is 0 Å². The van der Waals surface area contributed by atoms with Gasteiger partial charge in [0.2, 0.25) is 0 Å². The second-order valence-electron chi connectivity index (χ2n) is 3.98. The third-order valence-electron chi connectivity index (χ3n) is 1.33. The van der Waals surface area contributed by atoms with Gasteiger partial charge in [-0.15, -0.1) is 10.2 Å². The van der Waals surface area contributed by atoms with Crippen molar-refractivity contribution in [3.8, 4) is 0 Å². The molecule has 0 saturated heterocycles. The highest BCUT2D eigenvalue weighted by Crippen LogP contribution is 2.07. The molecule has 0 amide bonds. The fourth-order valence-corrected chi connectivity index (χ4v) is 0.896. The molecule has 0 fully saturated rings. The fourth-order valence-electron chi connectivity index (χ4n) is 0.896. The zero-order chi connectivity index (χ0) is 11.5. The lowest BCUT2D eigenvalue weighted by molar-refractivity contribution is -0.156. The summed E-state index contributed by atoms with van der Waals surface area (Å²) in [6, 6.07) is 0. The zero-order valence-electron chi connectivity index (χ0n) is 8.97. The second kappa shape index (κ2) is 4.35. The Morgan fingerprint density at radius 3 is 2.67 bits per heavy atom. The summed E-state index contributed by atoms with van der Waals surface area (Å²) in [5.74, 6) is -0.261. The van der Waals surface area contributed by atoms with Crippen LogP contribution in [0.1, 0.15) is 26.6 Å². The monoisotopic (exact) mass is 214 g/mol. The molecule has 84 valence electrons. The molecule has 0 aliphatic carbocycles. The fraction of sp³-hybridized carbons (Fsp3) is 0.750. The molecule has 1 heterocycles. The Bertz CT molecular complexity index is 342. The number of nitrogens with zero attached hydrogens (tertiary/aromatic N) is 4. The Hall–Kier alpha value is -1.50. The highest BCUT2D eigenvalue weighted by atomic mass is 16.6. The van der Waals surface area contributed by atoms with Crippen molar-refractivity contribution in [2.75, 3.05) is 0 Å². The van der Waals surface area contributed by atoms with Crippen molar-refractivity contribution in [1.29, 1.82) is 0 Å². The van der Waals surface area contributed by atoms with Crippen LogP contribution in [-0.2, 0) is 22.7 Å². The molecule has 0 aliphatic heterocycles. The van der Waals surface area contributed by atoms with Gasteiger partial charge in [-0.25, -0.2) is 4.79 Å². The number of esters is 1. The Balaban J connectivity index is 2.51. The molecule has 7 heteroatoms. The van der Waals surface area contributed by atoms with Gasteiger partial charge in [-0.1, -0.05) is 0 Å². The standard InChI is InChI=1S/C8H14N4O3/c1-8(2,3)15-7(14)4-12-10-6(5-13)9-11-12/h13H,4-5H2,1-3H3. The quantitative estimate of drug-likeness (QED) is 0.682. The number of hydrogen-bond donors (Lipinski definition) is 1. The molecule has 0 aromatic carbocycles. The normalized spacial score (nSPS) is 11.5. The molecular formula is C8H14N4O3. The molecule has 0 unspecified atom stereocenters. The van der Waals surface area contributed by atoms with Gasteiger partial charge < -0.3 is 9.84 Å². The molecule has 15 heavy (non-hydrogen) atoms. The minimum absolute atomic E-state index is 0.107. The zero-order valence-corrected chi connectivity index (χ0v) is 8.97. The van der Waals surface area contributed by atoms with Crippen LogP contribution in [-0.4, -0.2) is 36.9 Å². The summed E-state index contributed by atoms with van der Waals surface area (Å²) in [6.07, 6.45) is 0. The molecule has 1 rings (SSSR count). The van der Waals surface area contributed by atoms with E-state index >= 15 is 0 Å². The first-order chi connectivity index (χ1) is 6.90. The van der Waals surface area contributed by atoms with Gasteiger partial charge in [0.1, 0.15) is 12.2 Å². The second-order valence-corrected chi connectivity index (χ2v) is 3.98. The van der Waals surface area contributed by atoms with Crippen molar-refractivity contribution in [2.45, 2.75) is 39.5 Å². The number of aromatic nitrogens is 4. The largest absolute Gasteiger partial charge is 0.459 e. The number of ether oxygens (including phenoxy) is 1. The first-order valence-electron chi connectivity index (χ1n) is 4.50. The van der Waals surface area contributed by atoms with E-state index in [1.807, 2.05) is 0 Å². The minimum Gasteiger partial charge on any atom is -0.459 e. The molecular weight excluding hydrogens is 200 g/mol. The van der Waals surface area contributed by atoms with E-state index in [-0.39, 0.29) is 19.0 Å². The van der Waals surface area contributed by atoms with E-state index in [0.717, 1.165) is 4.80 Å². The molecule has 0 radical (unpaired) electrons. The maximum Gasteiger partial charge on any atom is 0.330 e. The van der Waals surface area contributed by atoms with Gasteiger partial charge in [0, 0.05) is 0 Å². The van der Waals surface area contributed by atoms with E-state index in [9.17, 15) is 4.79 Å². The predicted molar refractivity (Wildman–Crippen MR) is 49.6 cm³/mol. The van der Waals surface area contributed by atoms with Crippen molar-refractivity contribution in [3.05, 3.63) is 5.82 Å². The van der Waals surface area contributed by atoms with Gasteiger partial charge in [0.05, 0.1) is 0 Å². The SMILES string of the molecule is CC(C)(C)OC(=O)Cn1nnc(CO)n1. The highest BCUT2D eigenvalue weighted by molar-refractivity contribution is 5.69. The molecule has 1 aromatic rings. The van der Waals surface area contributed by atoms with Crippen LogP contribution in [0.2, 0.25) is 0 Å². The third-order valence-corrected chi connectivity index (χ3v) is 1.33. The molecule has 0 aliphatic rings. The average Bonchev–Trinajstić information content (AvgIpc) is 2.48. The van der Waals surface area contributed by atoms with Gasteiger partial charge in [-0.2, -0.15) is 4.80 Å². The first-order valence-corrected chi connectivity index (χ1v) is 4.50. The number of carbonyl (C=O) groups excluding carboxylic acids is 1. The van der Waals surface area contributed by atoms with Crippen molar-refractivity contribution in [2.24, 2.45) is 0 Å². The summed E-state index contributed by atoms with van der Waals surface area (Å²) in [4.78, 5) is 12.4. The average molecular weight is 214 g/mol. The molecule has 1 N–H and O–H groups in total. The Kier molecular flexibility index (Phi) is 3.35. The molecule has 0 bridgehead atoms. The minimum atomic E-state index is -0.530. The van der Waals surface area contributed by atoms with E-state index in [0.29, 0.717) is 0 Å². The molecule has 7 nitrogen and oxygen atoms in total. The highest BCUT2D eigenvalue weighted by Gasteiger charge is 2.17. The predicted octanol–water partition coefficient (Wildman–Crippen LogP) is -0.493. The van der Waals surface area contributed by atoms with Gasteiger partial charge in [-0.05, 0) is 26.0 Å². The Labute approximate surface area is 87.0 Å². The van der Waals surface area contributed by atoms with E-state index < -0.39 is 11.6 Å². The maximum absolute atomic E-state index is 11.3. The van der Waals surface area contributed by atoms with Gasteiger partial charge >= 0.3 is 5.97 Å². The third kappa shape index (κ3) is 4.03. The number of rotatable bonds is 3.